The molecule has 4 aromatic heterocycles. The summed E-state index contributed by atoms with van der Waals surface area (Å²) >= 11 is 12.9. The van der Waals surface area contributed by atoms with Gasteiger partial charge >= 0.3 is 5.97 Å². The van der Waals surface area contributed by atoms with Crippen LogP contribution in [0.1, 0.15) is 112 Å². The molecule has 4 aromatic rings. The van der Waals surface area contributed by atoms with Crippen molar-refractivity contribution in [2.45, 2.75) is 90.9 Å². The van der Waals surface area contributed by atoms with E-state index in [0.717, 1.165) is 49.8 Å². The molecule has 0 saturated heterocycles. The van der Waals surface area contributed by atoms with E-state index in [1.165, 1.54) is 110 Å². The lowest BCUT2D eigenvalue weighted by atomic mass is 10.1. The summed E-state index contributed by atoms with van der Waals surface area (Å²) in [5, 5.41) is 1.54. The highest BCUT2D eigenvalue weighted by molar-refractivity contribution is 9.11. The van der Waals surface area contributed by atoms with Crippen LogP contribution in [0.3, 0.4) is 0 Å². The van der Waals surface area contributed by atoms with Crippen LogP contribution >= 0.6 is 77.2 Å². The summed E-state index contributed by atoms with van der Waals surface area (Å²) in [4.78, 5) is 37.8. The van der Waals surface area contributed by atoms with E-state index < -0.39 is 0 Å². The zero-order valence-corrected chi connectivity index (χ0v) is 29.3. The van der Waals surface area contributed by atoms with E-state index in [1.807, 2.05) is 12.1 Å². The minimum atomic E-state index is -0.304. The maximum absolute atomic E-state index is 12.9. The van der Waals surface area contributed by atoms with Crippen LogP contribution in [0.15, 0.2) is 19.7 Å². The third kappa shape index (κ3) is 8.77. The quantitative estimate of drug-likeness (QED) is 0.0611. The first-order chi connectivity index (χ1) is 19.4. The summed E-state index contributed by atoms with van der Waals surface area (Å²) in [7, 11) is 0. The van der Waals surface area contributed by atoms with Gasteiger partial charge in [0.25, 0.3) is 0 Å². The van der Waals surface area contributed by atoms with Crippen molar-refractivity contribution >= 4 is 98.6 Å². The number of Topliss-reactive ketones (excluding diaryl/α,β-unsaturated/α-hetero) is 1. The second-order valence-electron chi connectivity index (χ2n) is 9.82. The summed E-state index contributed by atoms with van der Waals surface area (Å²) < 4.78 is 7.40. The Balaban J connectivity index is 1.26. The Labute approximate surface area is 269 Å². The number of aromatic nitrogens is 2. The predicted octanol–water partition coefficient (Wildman–Crippen LogP) is 11.8. The number of carbonyl (C=O) groups is 2. The van der Waals surface area contributed by atoms with Crippen LogP contribution in [-0.4, -0.2) is 28.3 Å². The van der Waals surface area contributed by atoms with Gasteiger partial charge in [-0.1, -0.05) is 100 Å². The Morgan fingerprint density at radius 3 is 1.65 bits per heavy atom. The van der Waals surface area contributed by atoms with Gasteiger partial charge in [0.15, 0.2) is 15.4 Å². The Bertz CT molecular complexity index is 1390. The fraction of sp³-hybridized carbons (Fsp3) is 0.517. The largest absolute Gasteiger partial charge is 0.462 e. The molecule has 0 amide bonds. The monoisotopic (exact) mass is 744 g/mol. The average molecular weight is 747 g/mol. The molecule has 0 aliphatic heterocycles. The minimum absolute atomic E-state index is 0.0132. The van der Waals surface area contributed by atoms with Gasteiger partial charge in [0.2, 0.25) is 0 Å². The highest BCUT2D eigenvalue weighted by Crippen LogP contribution is 2.44. The zero-order chi connectivity index (χ0) is 28.5. The first-order valence-electron chi connectivity index (χ1n) is 13.9. The van der Waals surface area contributed by atoms with E-state index in [-0.39, 0.29) is 11.8 Å². The molecule has 4 rings (SSSR count). The second kappa shape index (κ2) is 16.0. The third-order valence-corrected chi connectivity index (χ3v) is 12.2. The van der Waals surface area contributed by atoms with Gasteiger partial charge in [0.1, 0.15) is 10.0 Å². The molecular weight excluding hydrogens is 712 g/mol. The highest BCUT2D eigenvalue weighted by atomic mass is 79.9. The molecule has 4 heterocycles. The second-order valence-corrected chi connectivity index (χ2v) is 16.6. The number of ether oxygens (including phenoxy) is 1. The number of ketones is 1. The molecule has 0 unspecified atom stereocenters. The van der Waals surface area contributed by atoms with Gasteiger partial charge in [-0.2, -0.15) is 0 Å². The molecule has 0 spiro atoms. The molecule has 0 bridgehead atoms. The lowest BCUT2D eigenvalue weighted by molar-refractivity contribution is 0.0499. The van der Waals surface area contributed by atoms with Crippen LogP contribution in [0.2, 0.25) is 0 Å². The van der Waals surface area contributed by atoms with Gasteiger partial charge in [-0.15, -0.1) is 22.7 Å². The van der Waals surface area contributed by atoms with Crippen molar-refractivity contribution < 1.29 is 14.3 Å². The van der Waals surface area contributed by atoms with E-state index in [0.29, 0.717) is 17.7 Å². The van der Waals surface area contributed by atoms with Crippen LogP contribution in [-0.2, 0) is 4.74 Å². The number of thiazole rings is 2. The molecular formula is C29H34Br2N2O3S4. The molecule has 0 N–H and O–H groups in total. The number of fused-ring (bicyclic) bond motifs is 1. The Hall–Kier alpha value is -0.980. The van der Waals surface area contributed by atoms with Gasteiger partial charge in [-0.25, -0.2) is 14.8 Å². The molecule has 5 nitrogen and oxygen atoms in total. The van der Waals surface area contributed by atoms with Crippen LogP contribution in [0, 0.1) is 0 Å². The van der Waals surface area contributed by atoms with Crippen LogP contribution in [0.4, 0.5) is 0 Å². The van der Waals surface area contributed by atoms with E-state index in [2.05, 4.69) is 38.8 Å². The maximum atomic E-state index is 12.9. The van der Waals surface area contributed by atoms with Gasteiger partial charge in [0.05, 0.1) is 29.5 Å². The van der Waals surface area contributed by atoms with Gasteiger partial charge in [-0.05, 0) is 57.3 Å². The number of esters is 1. The smallest absolute Gasteiger partial charge is 0.339 e. The third-order valence-electron chi connectivity index (χ3n) is 6.60. The van der Waals surface area contributed by atoms with Gasteiger partial charge < -0.3 is 4.74 Å². The van der Waals surface area contributed by atoms with E-state index in [9.17, 15) is 9.59 Å². The molecule has 0 aliphatic rings. The standard InChI is InChI=1S/C29H34Br2N2O3S4/c1-3-4-5-6-7-8-9-10-11-12-13-14-15-36-29(35)20-17-22(31)38-24(20)26-33-28-27(40-26)32-25(39-28)23-19(18(2)34)16-21(30)37-23/h16-17H,3-15H2,1-2H3. The van der Waals surface area contributed by atoms with Crippen molar-refractivity contribution in [3.63, 3.8) is 0 Å². The Morgan fingerprint density at radius 2 is 1.15 bits per heavy atom. The maximum Gasteiger partial charge on any atom is 0.339 e. The SMILES string of the molecule is CCCCCCCCCCCCCCOC(=O)c1cc(Br)sc1-c1nc2sc(-c3sc(Br)cc3C(C)=O)nc2s1. The van der Waals surface area contributed by atoms with Crippen LogP contribution < -0.4 is 0 Å². The summed E-state index contributed by atoms with van der Waals surface area (Å²) in [6.45, 7) is 4.27. The van der Waals surface area contributed by atoms with Gasteiger partial charge in [-0.3, -0.25) is 4.79 Å². The van der Waals surface area contributed by atoms with Gasteiger partial charge in [0, 0.05) is 5.56 Å². The number of hydrogen-bond donors (Lipinski definition) is 0. The van der Waals surface area contributed by atoms with E-state index in [1.54, 1.807) is 6.92 Å². The molecule has 0 atom stereocenters. The highest BCUT2D eigenvalue weighted by Gasteiger charge is 2.23. The van der Waals surface area contributed by atoms with Crippen LogP contribution in [0.25, 0.3) is 29.4 Å². The Morgan fingerprint density at radius 1 is 0.700 bits per heavy atom. The molecule has 0 aromatic carbocycles. The zero-order valence-electron chi connectivity index (χ0n) is 22.9. The molecule has 0 fully saturated rings. The van der Waals surface area contributed by atoms with Crippen molar-refractivity contribution in [3.8, 4) is 19.8 Å². The van der Waals surface area contributed by atoms with Crippen molar-refractivity contribution in [2.75, 3.05) is 6.61 Å². The van der Waals surface area contributed by atoms with E-state index >= 15 is 0 Å². The number of unbranched alkanes of at least 4 members (excludes halogenated alkanes) is 11. The summed E-state index contributed by atoms with van der Waals surface area (Å²) in [6, 6.07) is 3.66. The molecule has 216 valence electrons. The van der Waals surface area contributed by atoms with Crippen molar-refractivity contribution in [1.29, 1.82) is 0 Å². The first kappa shape index (κ1) is 31.9. The number of nitrogens with zero attached hydrogens (tertiary/aromatic N) is 2. The summed E-state index contributed by atoms with van der Waals surface area (Å²) in [6.07, 6.45) is 15.3. The fourth-order valence-corrected chi connectivity index (χ4v) is 9.93. The minimum Gasteiger partial charge on any atom is -0.462 e. The molecule has 0 radical (unpaired) electrons. The van der Waals surface area contributed by atoms with Crippen LogP contribution in [0.5, 0.6) is 0 Å². The van der Waals surface area contributed by atoms with Crippen molar-refractivity contribution in [1.82, 2.24) is 9.97 Å². The fourth-order valence-electron chi connectivity index (χ4n) is 4.47. The number of carbonyl (C=O) groups excluding carboxylic acids is 2. The number of halogens is 2. The Kier molecular flexibility index (Phi) is 12.8. The molecule has 0 aliphatic carbocycles. The van der Waals surface area contributed by atoms with Crippen molar-refractivity contribution in [3.05, 3.63) is 30.8 Å². The molecule has 11 heteroatoms. The normalized spacial score (nSPS) is 11.5. The summed E-state index contributed by atoms with van der Waals surface area (Å²) in [5.74, 6) is -0.291. The first-order valence-corrected chi connectivity index (χ1v) is 18.8. The molecule has 40 heavy (non-hydrogen) atoms. The predicted molar refractivity (Wildman–Crippen MR) is 179 cm³/mol. The topological polar surface area (TPSA) is 69.2 Å². The average Bonchev–Trinajstić information content (AvgIpc) is 3.68. The van der Waals surface area contributed by atoms with Crippen molar-refractivity contribution in [2.24, 2.45) is 0 Å². The number of thiophene rings is 2. The lowest BCUT2D eigenvalue weighted by Crippen LogP contribution is -2.06. The number of hydrogen-bond acceptors (Lipinski definition) is 9. The number of rotatable bonds is 17. The van der Waals surface area contributed by atoms with E-state index in [4.69, 9.17) is 14.7 Å². The lowest BCUT2D eigenvalue weighted by Gasteiger charge is -2.05. The summed E-state index contributed by atoms with van der Waals surface area (Å²) in [5.41, 5.74) is 1.21. The molecule has 0 saturated carbocycles.